The fourth-order valence-electron chi connectivity index (χ4n) is 2.28. The molecule has 4 nitrogen and oxygen atoms in total. The summed E-state index contributed by atoms with van der Waals surface area (Å²) in [5.74, 6) is -1.17. The molecule has 0 aliphatic rings. The van der Waals surface area contributed by atoms with E-state index in [1.807, 2.05) is 0 Å². The summed E-state index contributed by atoms with van der Waals surface area (Å²) in [7, 11) is 1.74. The quantitative estimate of drug-likeness (QED) is 0.488. The van der Waals surface area contributed by atoms with Crippen LogP contribution in [0.4, 0.5) is 14.5 Å². The lowest BCUT2D eigenvalue weighted by atomic mass is 10.2. The van der Waals surface area contributed by atoms with Gasteiger partial charge in [-0.15, -0.1) is 0 Å². The molecule has 0 saturated carbocycles. The molecule has 0 saturated heterocycles. The maximum Gasteiger partial charge on any atom is 0.138 e. The molecule has 1 aromatic carbocycles. The highest BCUT2D eigenvalue weighted by Crippen LogP contribution is 2.21. The molecule has 0 atom stereocenters. The third-order valence-electron chi connectivity index (χ3n) is 3.60. The van der Waals surface area contributed by atoms with E-state index >= 15 is 0 Å². The zero-order valence-corrected chi connectivity index (χ0v) is 14.1. The number of benzene rings is 1. The number of halogens is 2. The second kappa shape index (κ2) is 9.15. The summed E-state index contributed by atoms with van der Waals surface area (Å²) in [5, 5.41) is 3.94. The summed E-state index contributed by atoms with van der Waals surface area (Å²) >= 11 is 0. The van der Waals surface area contributed by atoms with Crippen LogP contribution < -0.4 is 4.74 Å². The SMILES string of the molecule is CCCCCCCOc1cc(F)c(C=Nc2cnn(C)c2)c(F)c1. The van der Waals surface area contributed by atoms with Crippen molar-refractivity contribution >= 4 is 11.9 Å². The first-order valence-corrected chi connectivity index (χ1v) is 8.24. The first-order chi connectivity index (χ1) is 11.6. The molecular weight excluding hydrogens is 312 g/mol. The highest BCUT2D eigenvalue weighted by atomic mass is 19.1. The highest BCUT2D eigenvalue weighted by molar-refractivity contribution is 5.82. The van der Waals surface area contributed by atoms with Crippen LogP contribution in [-0.2, 0) is 7.05 Å². The van der Waals surface area contributed by atoms with Crippen molar-refractivity contribution in [1.29, 1.82) is 0 Å². The van der Waals surface area contributed by atoms with Crippen molar-refractivity contribution in [2.75, 3.05) is 6.61 Å². The molecule has 0 aliphatic carbocycles. The molecule has 1 aromatic heterocycles. The Balaban J connectivity index is 1.94. The monoisotopic (exact) mass is 335 g/mol. The van der Waals surface area contributed by atoms with Gasteiger partial charge in [-0.2, -0.15) is 5.10 Å². The standard InChI is InChI=1S/C18H23F2N3O/c1-3-4-5-6-7-8-24-15-9-17(19)16(18(20)10-15)12-21-14-11-22-23(2)13-14/h9-13H,3-8H2,1-2H3. The fraction of sp³-hybridized carbons (Fsp3) is 0.444. The van der Waals surface area contributed by atoms with Crippen molar-refractivity contribution in [1.82, 2.24) is 9.78 Å². The van der Waals surface area contributed by atoms with Crippen molar-refractivity contribution < 1.29 is 13.5 Å². The van der Waals surface area contributed by atoms with Gasteiger partial charge >= 0.3 is 0 Å². The minimum absolute atomic E-state index is 0.186. The van der Waals surface area contributed by atoms with Gasteiger partial charge in [-0.3, -0.25) is 9.67 Å². The molecule has 2 rings (SSSR count). The van der Waals surface area contributed by atoms with Crippen LogP contribution in [0.1, 0.15) is 44.6 Å². The molecule has 0 radical (unpaired) electrons. The van der Waals surface area contributed by atoms with E-state index < -0.39 is 11.6 Å². The number of hydrogen-bond acceptors (Lipinski definition) is 3. The Morgan fingerprint density at radius 1 is 1.17 bits per heavy atom. The second-order valence-electron chi connectivity index (χ2n) is 5.69. The number of aryl methyl sites for hydroxylation is 1. The maximum absolute atomic E-state index is 14.1. The fourth-order valence-corrected chi connectivity index (χ4v) is 2.28. The molecule has 6 heteroatoms. The van der Waals surface area contributed by atoms with Gasteiger partial charge < -0.3 is 4.74 Å². The largest absolute Gasteiger partial charge is 0.493 e. The van der Waals surface area contributed by atoms with Crippen molar-refractivity contribution in [3.63, 3.8) is 0 Å². The van der Waals surface area contributed by atoms with Crippen LogP contribution in [0.2, 0.25) is 0 Å². The lowest BCUT2D eigenvalue weighted by Crippen LogP contribution is -2.01. The van der Waals surface area contributed by atoms with E-state index in [9.17, 15) is 8.78 Å². The number of ether oxygens (including phenoxy) is 1. The number of aromatic nitrogens is 2. The van der Waals surface area contributed by atoms with Crippen LogP contribution >= 0.6 is 0 Å². The molecule has 0 unspecified atom stereocenters. The van der Waals surface area contributed by atoms with E-state index in [0.717, 1.165) is 25.5 Å². The van der Waals surface area contributed by atoms with Crippen molar-refractivity contribution in [2.45, 2.75) is 39.0 Å². The van der Waals surface area contributed by atoms with Gasteiger partial charge in [0.05, 0.1) is 24.6 Å². The minimum atomic E-state index is -0.691. The zero-order chi connectivity index (χ0) is 17.4. The Morgan fingerprint density at radius 2 is 1.88 bits per heavy atom. The van der Waals surface area contributed by atoms with Crippen LogP contribution in [0.25, 0.3) is 0 Å². The third-order valence-corrected chi connectivity index (χ3v) is 3.60. The lowest BCUT2D eigenvalue weighted by Gasteiger charge is -2.08. The molecule has 0 amide bonds. The summed E-state index contributed by atoms with van der Waals surface area (Å²) in [6, 6.07) is 2.39. The average Bonchev–Trinajstić information content (AvgIpc) is 2.95. The molecule has 24 heavy (non-hydrogen) atoms. The second-order valence-corrected chi connectivity index (χ2v) is 5.69. The van der Waals surface area contributed by atoms with E-state index in [1.165, 1.54) is 31.2 Å². The molecule has 0 bridgehead atoms. The lowest BCUT2D eigenvalue weighted by molar-refractivity contribution is 0.301. The van der Waals surface area contributed by atoms with Crippen molar-refractivity contribution in [2.24, 2.45) is 12.0 Å². The molecule has 0 N–H and O–H groups in total. The summed E-state index contributed by atoms with van der Waals surface area (Å²) in [5.41, 5.74) is 0.345. The first kappa shape index (κ1) is 18.1. The predicted molar refractivity (Wildman–Crippen MR) is 91.1 cm³/mol. The van der Waals surface area contributed by atoms with Crippen LogP contribution in [0, 0.1) is 11.6 Å². The smallest absolute Gasteiger partial charge is 0.138 e. The predicted octanol–water partition coefficient (Wildman–Crippen LogP) is 4.80. The summed E-state index contributed by atoms with van der Waals surface area (Å²) in [6.07, 6.45) is 9.82. The molecule has 0 aliphatic heterocycles. The van der Waals surface area contributed by atoms with E-state index in [4.69, 9.17) is 4.74 Å². The molecule has 0 spiro atoms. The highest BCUT2D eigenvalue weighted by Gasteiger charge is 2.10. The van der Waals surface area contributed by atoms with E-state index in [0.29, 0.717) is 12.3 Å². The number of aliphatic imine (C=N–C) groups is 1. The van der Waals surface area contributed by atoms with Gasteiger partial charge in [-0.1, -0.05) is 32.6 Å². The normalized spacial score (nSPS) is 11.3. The number of nitrogens with zero attached hydrogens (tertiary/aromatic N) is 3. The van der Waals surface area contributed by atoms with E-state index in [2.05, 4.69) is 17.0 Å². The van der Waals surface area contributed by atoms with Gasteiger partial charge in [0.25, 0.3) is 0 Å². The molecule has 1 heterocycles. The Morgan fingerprint density at radius 3 is 2.50 bits per heavy atom. The van der Waals surface area contributed by atoms with E-state index in [1.54, 1.807) is 17.9 Å². The topological polar surface area (TPSA) is 39.4 Å². The van der Waals surface area contributed by atoms with Gasteiger partial charge in [0, 0.05) is 25.4 Å². The number of unbranched alkanes of at least 4 members (excludes halogenated alkanes) is 4. The zero-order valence-electron chi connectivity index (χ0n) is 14.1. The summed E-state index contributed by atoms with van der Waals surface area (Å²) in [4.78, 5) is 4.02. The number of hydrogen-bond donors (Lipinski definition) is 0. The Hall–Kier alpha value is -2.24. The third kappa shape index (κ3) is 5.44. The van der Waals surface area contributed by atoms with Gasteiger partial charge in [0.15, 0.2) is 0 Å². The first-order valence-electron chi connectivity index (χ1n) is 8.24. The summed E-state index contributed by atoms with van der Waals surface area (Å²) in [6.45, 7) is 2.62. The molecule has 0 fully saturated rings. The van der Waals surface area contributed by atoms with E-state index in [-0.39, 0.29) is 11.3 Å². The average molecular weight is 335 g/mol. The van der Waals surface area contributed by atoms with Crippen LogP contribution in [0.3, 0.4) is 0 Å². The Kier molecular flexibility index (Phi) is 6.90. The van der Waals surface area contributed by atoms with Gasteiger partial charge in [0.2, 0.25) is 0 Å². The van der Waals surface area contributed by atoms with Gasteiger partial charge in [-0.05, 0) is 6.42 Å². The van der Waals surface area contributed by atoms with Crippen molar-refractivity contribution in [3.8, 4) is 5.75 Å². The van der Waals surface area contributed by atoms with Crippen molar-refractivity contribution in [3.05, 3.63) is 41.7 Å². The molecular formula is C18H23F2N3O. The Bertz CT molecular complexity index is 660. The summed E-state index contributed by atoms with van der Waals surface area (Å²) < 4.78 is 35.1. The number of rotatable bonds is 9. The minimum Gasteiger partial charge on any atom is -0.493 e. The Labute approximate surface area is 141 Å². The maximum atomic E-state index is 14.1. The van der Waals surface area contributed by atoms with Gasteiger partial charge in [-0.25, -0.2) is 8.78 Å². The van der Waals surface area contributed by atoms with Gasteiger partial charge in [0.1, 0.15) is 23.1 Å². The molecule has 2 aromatic rings. The van der Waals surface area contributed by atoms with Crippen LogP contribution in [0.15, 0.2) is 29.5 Å². The molecule has 130 valence electrons. The van der Waals surface area contributed by atoms with Crippen LogP contribution in [-0.4, -0.2) is 22.6 Å². The van der Waals surface area contributed by atoms with Crippen LogP contribution in [0.5, 0.6) is 5.75 Å².